The fraction of sp³-hybridized carbons (Fsp3) is 0.600. The Balaban J connectivity index is 2.28. The first-order valence-corrected chi connectivity index (χ1v) is 11.5. The number of rotatable bonds is 4. The number of benzene rings is 1. The lowest BCUT2D eigenvalue weighted by Gasteiger charge is -2.41. The van der Waals surface area contributed by atoms with Crippen molar-refractivity contribution in [2.24, 2.45) is 0 Å². The van der Waals surface area contributed by atoms with E-state index in [1.165, 1.54) is 0 Å². The van der Waals surface area contributed by atoms with Crippen molar-refractivity contribution in [2.75, 3.05) is 11.5 Å². The van der Waals surface area contributed by atoms with E-state index in [0.717, 1.165) is 29.9 Å². The lowest BCUT2D eigenvalue weighted by molar-refractivity contribution is -0.0578. The first-order chi connectivity index (χ1) is 8.91. The predicted octanol–water partition coefficient (Wildman–Crippen LogP) is 3.84. The van der Waals surface area contributed by atoms with Crippen LogP contribution in [0.4, 0.5) is 0 Å². The molecule has 1 fully saturated rings. The van der Waals surface area contributed by atoms with E-state index in [1.54, 1.807) is 0 Å². The standard InChI is InChI=1S/C15H24O2SSi/c1-19(2,3)17-14(13-8-5-4-6-9-13)15(16)10-7-11-18-12-15/h4-6,8-9,14,16H,7,10-12H2,1-3H3/t14-,15-/m1/s1. The van der Waals surface area contributed by atoms with E-state index in [1.807, 2.05) is 30.0 Å². The molecule has 106 valence electrons. The number of thioether (sulfide) groups is 1. The summed E-state index contributed by atoms with van der Waals surface area (Å²) in [6.45, 7) is 6.55. The van der Waals surface area contributed by atoms with Crippen LogP contribution >= 0.6 is 11.8 Å². The van der Waals surface area contributed by atoms with Gasteiger partial charge in [-0.2, -0.15) is 11.8 Å². The molecule has 4 heteroatoms. The average molecular weight is 297 g/mol. The molecule has 19 heavy (non-hydrogen) atoms. The third kappa shape index (κ3) is 4.08. The molecule has 2 rings (SSSR count). The highest BCUT2D eigenvalue weighted by Crippen LogP contribution is 2.40. The van der Waals surface area contributed by atoms with Crippen LogP contribution in [-0.4, -0.2) is 30.5 Å². The first kappa shape index (κ1) is 15.1. The predicted molar refractivity (Wildman–Crippen MR) is 85.1 cm³/mol. The average Bonchev–Trinajstić information content (AvgIpc) is 2.37. The van der Waals surface area contributed by atoms with Gasteiger partial charge in [0.1, 0.15) is 5.60 Å². The quantitative estimate of drug-likeness (QED) is 0.856. The van der Waals surface area contributed by atoms with Gasteiger partial charge in [0, 0.05) is 5.75 Å². The molecule has 1 saturated heterocycles. The van der Waals surface area contributed by atoms with Gasteiger partial charge in [0.2, 0.25) is 0 Å². The Kier molecular flexibility index (Phi) is 4.77. The molecule has 0 aliphatic carbocycles. The summed E-state index contributed by atoms with van der Waals surface area (Å²) in [4.78, 5) is 0. The van der Waals surface area contributed by atoms with Gasteiger partial charge in [-0.3, -0.25) is 0 Å². The second kappa shape index (κ2) is 6.00. The van der Waals surface area contributed by atoms with E-state index in [-0.39, 0.29) is 6.10 Å². The van der Waals surface area contributed by atoms with E-state index >= 15 is 0 Å². The smallest absolute Gasteiger partial charge is 0.184 e. The fourth-order valence-corrected chi connectivity index (χ4v) is 4.68. The summed E-state index contributed by atoms with van der Waals surface area (Å²) in [5.41, 5.74) is 0.389. The maximum absolute atomic E-state index is 11.0. The van der Waals surface area contributed by atoms with E-state index in [4.69, 9.17) is 4.43 Å². The zero-order chi connectivity index (χ0) is 13.9. The molecule has 1 N–H and O–H groups in total. The SMILES string of the molecule is C[Si](C)(C)O[C@H](c1ccccc1)[C@@]1(O)CCCSC1. The van der Waals surface area contributed by atoms with Crippen LogP contribution in [0.25, 0.3) is 0 Å². The van der Waals surface area contributed by atoms with Gasteiger partial charge in [-0.15, -0.1) is 0 Å². The molecule has 0 spiro atoms. The fourth-order valence-electron chi connectivity index (χ4n) is 2.48. The van der Waals surface area contributed by atoms with Gasteiger partial charge in [-0.25, -0.2) is 0 Å². The molecule has 0 amide bonds. The summed E-state index contributed by atoms with van der Waals surface area (Å²) in [7, 11) is -1.70. The number of hydrogen-bond acceptors (Lipinski definition) is 3. The van der Waals surface area contributed by atoms with Crippen molar-refractivity contribution in [2.45, 2.75) is 44.2 Å². The van der Waals surface area contributed by atoms with Crippen LogP contribution in [0.1, 0.15) is 24.5 Å². The van der Waals surface area contributed by atoms with Crippen molar-refractivity contribution in [1.29, 1.82) is 0 Å². The molecular formula is C15H24O2SSi. The monoisotopic (exact) mass is 296 g/mol. The lowest BCUT2D eigenvalue weighted by Crippen LogP contribution is -2.46. The van der Waals surface area contributed by atoms with Crippen molar-refractivity contribution in [3.63, 3.8) is 0 Å². The zero-order valence-corrected chi connectivity index (χ0v) is 13.9. The van der Waals surface area contributed by atoms with Crippen molar-refractivity contribution in [3.8, 4) is 0 Å². The molecule has 1 aromatic carbocycles. The van der Waals surface area contributed by atoms with Gasteiger partial charge in [-0.1, -0.05) is 30.3 Å². The molecule has 0 aromatic heterocycles. The maximum atomic E-state index is 11.0. The van der Waals surface area contributed by atoms with Crippen molar-refractivity contribution < 1.29 is 9.53 Å². The molecule has 2 nitrogen and oxygen atoms in total. The summed E-state index contributed by atoms with van der Waals surface area (Å²) in [5.74, 6) is 1.92. The van der Waals surface area contributed by atoms with E-state index in [2.05, 4.69) is 31.8 Å². The first-order valence-electron chi connectivity index (χ1n) is 6.94. The highest BCUT2D eigenvalue weighted by molar-refractivity contribution is 7.99. The number of aliphatic hydroxyl groups is 1. The van der Waals surface area contributed by atoms with E-state index in [9.17, 15) is 5.11 Å². The summed E-state index contributed by atoms with van der Waals surface area (Å²) >= 11 is 1.84. The Labute approximate surface area is 121 Å². The Hall–Kier alpha value is -0.293. The Bertz CT molecular complexity index is 396. The number of hydrogen-bond donors (Lipinski definition) is 1. The summed E-state index contributed by atoms with van der Waals surface area (Å²) < 4.78 is 6.34. The van der Waals surface area contributed by atoms with Gasteiger partial charge in [0.25, 0.3) is 0 Å². The van der Waals surface area contributed by atoms with Gasteiger partial charge in [0.05, 0.1) is 6.10 Å². The maximum Gasteiger partial charge on any atom is 0.184 e. The van der Waals surface area contributed by atoms with Crippen LogP contribution in [0.5, 0.6) is 0 Å². The van der Waals surface area contributed by atoms with Crippen LogP contribution < -0.4 is 0 Å². The minimum absolute atomic E-state index is 0.187. The molecular weight excluding hydrogens is 272 g/mol. The van der Waals surface area contributed by atoms with Crippen LogP contribution in [0.3, 0.4) is 0 Å². The highest BCUT2D eigenvalue weighted by atomic mass is 32.2. The van der Waals surface area contributed by atoms with Gasteiger partial charge in [-0.05, 0) is 43.8 Å². The molecule has 0 radical (unpaired) electrons. The Morgan fingerprint density at radius 2 is 1.95 bits per heavy atom. The third-order valence-corrected chi connectivity index (χ3v) is 5.54. The molecule has 1 heterocycles. The van der Waals surface area contributed by atoms with Crippen LogP contribution in [0, 0.1) is 0 Å². The molecule has 0 bridgehead atoms. The summed E-state index contributed by atoms with van der Waals surface area (Å²) in [6, 6.07) is 10.2. The Morgan fingerprint density at radius 1 is 1.26 bits per heavy atom. The molecule has 1 aliphatic heterocycles. The largest absolute Gasteiger partial charge is 0.408 e. The second-order valence-corrected chi connectivity index (χ2v) is 11.8. The topological polar surface area (TPSA) is 29.5 Å². The van der Waals surface area contributed by atoms with Crippen molar-refractivity contribution >= 4 is 20.1 Å². The summed E-state index contributed by atoms with van der Waals surface area (Å²) in [6.07, 6.45) is 1.72. The van der Waals surface area contributed by atoms with E-state index in [0.29, 0.717) is 0 Å². The van der Waals surface area contributed by atoms with Crippen LogP contribution in [0.15, 0.2) is 30.3 Å². The lowest BCUT2D eigenvalue weighted by atomic mass is 9.88. The van der Waals surface area contributed by atoms with Crippen molar-refractivity contribution in [3.05, 3.63) is 35.9 Å². The zero-order valence-electron chi connectivity index (χ0n) is 12.1. The molecule has 1 aromatic rings. The van der Waals surface area contributed by atoms with Gasteiger partial charge >= 0.3 is 0 Å². The van der Waals surface area contributed by atoms with Crippen LogP contribution in [-0.2, 0) is 4.43 Å². The highest BCUT2D eigenvalue weighted by Gasteiger charge is 2.41. The van der Waals surface area contributed by atoms with Crippen molar-refractivity contribution in [1.82, 2.24) is 0 Å². The Morgan fingerprint density at radius 3 is 2.47 bits per heavy atom. The summed E-state index contributed by atoms with van der Waals surface area (Å²) in [5, 5.41) is 11.0. The third-order valence-electron chi connectivity index (χ3n) is 3.31. The minimum Gasteiger partial charge on any atom is -0.408 e. The van der Waals surface area contributed by atoms with Gasteiger partial charge in [0.15, 0.2) is 8.32 Å². The minimum atomic E-state index is -1.70. The molecule has 0 saturated carbocycles. The normalized spacial score (nSPS) is 26.1. The second-order valence-electron chi connectivity index (χ2n) is 6.28. The van der Waals surface area contributed by atoms with E-state index < -0.39 is 13.9 Å². The molecule has 2 atom stereocenters. The van der Waals surface area contributed by atoms with Gasteiger partial charge < -0.3 is 9.53 Å². The molecule has 0 unspecified atom stereocenters. The molecule has 1 aliphatic rings. The van der Waals surface area contributed by atoms with Crippen LogP contribution in [0.2, 0.25) is 19.6 Å².